The second-order valence-corrected chi connectivity index (χ2v) is 6.14. The molecule has 0 bridgehead atoms. The van der Waals surface area contributed by atoms with Gasteiger partial charge in [-0.15, -0.1) is 0 Å². The maximum absolute atomic E-state index is 11.9. The third-order valence-electron chi connectivity index (χ3n) is 3.86. The molecule has 1 saturated carbocycles. The third-order valence-corrected chi connectivity index (χ3v) is 4.39. The van der Waals surface area contributed by atoms with Crippen LogP contribution in [0.5, 0.6) is 0 Å². The lowest BCUT2D eigenvalue weighted by molar-refractivity contribution is -0.122. The van der Waals surface area contributed by atoms with Crippen molar-refractivity contribution < 1.29 is 4.79 Å². The Labute approximate surface area is 123 Å². The summed E-state index contributed by atoms with van der Waals surface area (Å²) in [5.74, 6) is 0.616. The Hall–Kier alpha value is -0.870. The zero-order valence-electron chi connectivity index (χ0n) is 11.1. The number of hydrogen-bond acceptors (Lipinski definition) is 2. The van der Waals surface area contributed by atoms with Crippen LogP contribution in [-0.4, -0.2) is 18.5 Å². The Kier molecular flexibility index (Phi) is 5.40. The van der Waals surface area contributed by atoms with E-state index in [-0.39, 0.29) is 5.91 Å². The van der Waals surface area contributed by atoms with E-state index in [1.165, 1.54) is 12.0 Å². The average molecular weight is 325 g/mol. The standard InChI is InChI=1S/C15H21BrN2O/c16-13-7-4-11(5-8-13)6-9-15(19)18-14-3-1-2-12(14)10-17/h4-5,7-8,12,14H,1-3,6,9-10,17H2,(H,18,19). The Balaban J connectivity index is 1.77. The Morgan fingerprint density at radius 2 is 2.05 bits per heavy atom. The summed E-state index contributed by atoms with van der Waals surface area (Å²) in [7, 11) is 0. The van der Waals surface area contributed by atoms with Gasteiger partial charge in [0.1, 0.15) is 0 Å². The number of nitrogens with one attached hydrogen (secondary N) is 1. The van der Waals surface area contributed by atoms with E-state index in [0.29, 0.717) is 24.9 Å². The van der Waals surface area contributed by atoms with Crippen LogP contribution in [0.1, 0.15) is 31.2 Å². The van der Waals surface area contributed by atoms with Crippen LogP contribution in [0.3, 0.4) is 0 Å². The van der Waals surface area contributed by atoms with Crippen molar-refractivity contribution in [2.45, 2.75) is 38.1 Å². The van der Waals surface area contributed by atoms with Gasteiger partial charge in [-0.05, 0) is 49.4 Å². The largest absolute Gasteiger partial charge is 0.353 e. The number of rotatable bonds is 5. The summed E-state index contributed by atoms with van der Waals surface area (Å²) >= 11 is 3.41. The highest BCUT2D eigenvalue weighted by Gasteiger charge is 2.26. The van der Waals surface area contributed by atoms with Crippen LogP contribution in [0.25, 0.3) is 0 Å². The molecule has 2 unspecified atom stereocenters. The summed E-state index contributed by atoms with van der Waals surface area (Å²) in [5.41, 5.74) is 6.92. The fraction of sp³-hybridized carbons (Fsp3) is 0.533. The van der Waals surface area contributed by atoms with Crippen LogP contribution < -0.4 is 11.1 Å². The van der Waals surface area contributed by atoms with Crippen LogP contribution in [0.4, 0.5) is 0 Å². The van der Waals surface area contributed by atoms with Gasteiger partial charge in [-0.2, -0.15) is 0 Å². The second kappa shape index (κ2) is 7.06. The molecule has 1 amide bonds. The van der Waals surface area contributed by atoms with Crippen LogP contribution in [0, 0.1) is 5.92 Å². The molecule has 19 heavy (non-hydrogen) atoms. The van der Waals surface area contributed by atoms with Gasteiger partial charge in [-0.1, -0.05) is 34.5 Å². The minimum atomic E-state index is 0.147. The number of carbonyl (C=O) groups is 1. The minimum Gasteiger partial charge on any atom is -0.353 e. The Bertz CT molecular complexity index is 419. The number of hydrogen-bond donors (Lipinski definition) is 2. The lowest BCUT2D eigenvalue weighted by atomic mass is 10.0. The lowest BCUT2D eigenvalue weighted by Crippen LogP contribution is -2.39. The van der Waals surface area contributed by atoms with E-state index in [4.69, 9.17) is 5.73 Å². The van der Waals surface area contributed by atoms with Gasteiger partial charge in [0.2, 0.25) is 5.91 Å². The number of halogens is 1. The van der Waals surface area contributed by atoms with Gasteiger partial charge >= 0.3 is 0 Å². The zero-order chi connectivity index (χ0) is 13.7. The van der Waals surface area contributed by atoms with Crippen molar-refractivity contribution in [2.75, 3.05) is 6.54 Å². The molecule has 0 saturated heterocycles. The van der Waals surface area contributed by atoms with Crippen molar-refractivity contribution in [1.29, 1.82) is 0 Å². The average Bonchev–Trinajstić information content (AvgIpc) is 2.85. The monoisotopic (exact) mass is 324 g/mol. The van der Waals surface area contributed by atoms with E-state index < -0.39 is 0 Å². The highest BCUT2D eigenvalue weighted by molar-refractivity contribution is 9.10. The summed E-state index contributed by atoms with van der Waals surface area (Å²) in [6, 6.07) is 8.41. The van der Waals surface area contributed by atoms with Crippen molar-refractivity contribution in [1.82, 2.24) is 5.32 Å². The first-order valence-corrected chi connectivity index (χ1v) is 7.72. The van der Waals surface area contributed by atoms with Crippen molar-refractivity contribution in [3.63, 3.8) is 0 Å². The number of carbonyl (C=O) groups excluding carboxylic acids is 1. The molecule has 0 heterocycles. The van der Waals surface area contributed by atoms with Gasteiger partial charge in [0.25, 0.3) is 0 Å². The van der Waals surface area contributed by atoms with Crippen LogP contribution >= 0.6 is 15.9 Å². The van der Waals surface area contributed by atoms with E-state index in [0.717, 1.165) is 23.7 Å². The van der Waals surface area contributed by atoms with Crippen LogP contribution in [0.2, 0.25) is 0 Å². The van der Waals surface area contributed by atoms with Gasteiger partial charge in [0.15, 0.2) is 0 Å². The number of amides is 1. The molecule has 0 aliphatic heterocycles. The Morgan fingerprint density at radius 3 is 2.74 bits per heavy atom. The summed E-state index contributed by atoms with van der Waals surface area (Å²) in [6.45, 7) is 0.678. The van der Waals surface area contributed by atoms with Crippen molar-refractivity contribution in [2.24, 2.45) is 11.7 Å². The van der Waals surface area contributed by atoms with Gasteiger partial charge in [-0.3, -0.25) is 4.79 Å². The second-order valence-electron chi connectivity index (χ2n) is 5.23. The molecule has 1 aliphatic carbocycles. The molecular formula is C15H21BrN2O. The van der Waals surface area contributed by atoms with Gasteiger partial charge in [0.05, 0.1) is 0 Å². The predicted octanol–water partition coefficient (Wildman–Crippen LogP) is 2.63. The molecule has 2 rings (SSSR count). The molecule has 3 N–H and O–H groups in total. The van der Waals surface area contributed by atoms with E-state index in [2.05, 4.69) is 33.4 Å². The molecule has 2 atom stereocenters. The molecule has 1 fully saturated rings. The zero-order valence-corrected chi connectivity index (χ0v) is 12.7. The maximum Gasteiger partial charge on any atom is 0.220 e. The highest BCUT2D eigenvalue weighted by Crippen LogP contribution is 2.24. The molecule has 0 spiro atoms. The van der Waals surface area contributed by atoms with Gasteiger partial charge in [0, 0.05) is 16.9 Å². The quantitative estimate of drug-likeness (QED) is 0.874. The maximum atomic E-state index is 11.9. The van der Waals surface area contributed by atoms with Gasteiger partial charge in [-0.25, -0.2) is 0 Å². The molecule has 1 aromatic rings. The highest BCUT2D eigenvalue weighted by atomic mass is 79.9. The summed E-state index contributed by atoms with van der Waals surface area (Å²) in [4.78, 5) is 11.9. The molecule has 1 aromatic carbocycles. The third kappa shape index (κ3) is 4.32. The number of benzene rings is 1. The van der Waals surface area contributed by atoms with Crippen molar-refractivity contribution in [3.8, 4) is 0 Å². The van der Waals surface area contributed by atoms with Crippen molar-refractivity contribution >= 4 is 21.8 Å². The van der Waals surface area contributed by atoms with E-state index in [1.54, 1.807) is 0 Å². The molecular weight excluding hydrogens is 304 g/mol. The molecule has 3 nitrogen and oxygen atoms in total. The first-order valence-electron chi connectivity index (χ1n) is 6.93. The fourth-order valence-corrected chi connectivity index (χ4v) is 2.96. The molecule has 4 heteroatoms. The summed E-state index contributed by atoms with van der Waals surface area (Å²) in [5, 5.41) is 3.13. The van der Waals surface area contributed by atoms with E-state index in [9.17, 15) is 4.79 Å². The predicted molar refractivity (Wildman–Crippen MR) is 80.8 cm³/mol. The molecule has 1 aliphatic rings. The molecule has 0 aromatic heterocycles. The normalized spacial score (nSPS) is 22.4. The first-order chi connectivity index (χ1) is 9.19. The van der Waals surface area contributed by atoms with E-state index in [1.807, 2.05) is 12.1 Å². The SMILES string of the molecule is NCC1CCCC1NC(=O)CCc1ccc(Br)cc1. The Morgan fingerprint density at radius 1 is 1.32 bits per heavy atom. The fourth-order valence-electron chi connectivity index (χ4n) is 2.70. The van der Waals surface area contributed by atoms with Crippen molar-refractivity contribution in [3.05, 3.63) is 34.3 Å². The first kappa shape index (κ1) is 14.5. The minimum absolute atomic E-state index is 0.147. The lowest BCUT2D eigenvalue weighted by Gasteiger charge is -2.19. The molecule has 0 radical (unpaired) electrons. The van der Waals surface area contributed by atoms with Crippen LogP contribution in [-0.2, 0) is 11.2 Å². The van der Waals surface area contributed by atoms with E-state index >= 15 is 0 Å². The smallest absolute Gasteiger partial charge is 0.220 e. The summed E-state index contributed by atoms with van der Waals surface area (Å²) in [6.07, 6.45) is 4.74. The van der Waals surface area contributed by atoms with Gasteiger partial charge < -0.3 is 11.1 Å². The van der Waals surface area contributed by atoms with Crippen LogP contribution in [0.15, 0.2) is 28.7 Å². The number of nitrogens with two attached hydrogens (primary N) is 1. The topological polar surface area (TPSA) is 55.1 Å². The molecule has 104 valence electrons. The summed E-state index contributed by atoms with van der Waals surface area (Å²) < 4.78 is 1.07. The number of aryl methyl sites for hydroxylation is 1.